The number of H-pyrrole nitrogens is 1. The Morgan fingerprint density at radius 1 is 1.55 bits per heavy atom. The molecular formula is C8H15N3. The Balaban J connectivity index is 2.73. The molecule has 0 unspecified atom stereocenters. The lowest BCUT2D eigenvalue weighted by Gasteiger charge is -2.20. The number of nitrogens with zero attached hydrogens (tertiary/aromatic N) is 2. The van der Waals surface area contributed by atoms with Crippen molar-refractivity contribution in [2.75, 3.05) is 0 Å². The van der Waals surface area contributed by atoms with Crippen LogP contribution in [0.15, 0.2) is 6.20 Å². The molecule has 1 heterocycles. The van der Waals surface area contributed by atoms with E-state index in [2.05, 4.69) is 36.2 Å². The molecule has 0 aliphatic rings. The predicted octanol–water partition coefficient (Wildman–Crippen LogP) is 1.88. The first-order valence-electron chi connectivity index (χ1n) is 4.03. The van der Waals surface area contributed by atoms with Gasteiger partial charge in [0.2, 0.25) is 0 Å². The third kappa shape index (κ3) is 1.79. The Kier molecular flexibility index (Phi) is 2.27. The van der Waals surface area contributed by atoms with Gasteiger partial charge in [-0.3, -0.25) is 0 Å². The molecule has 0 saturated heterocycles. The van der Waals surface area contributed by atoms with E-state index in [0.717, 1.165) is 12.1 Å². The number of nitrogens with one attached hydrogen (secondary N) is 1. The van der Waals surface area contributed by atoms with E-state index in [0.29, 0.717) is 0 Å². The number of aromatic nitrogens is 3. The van der Waals surface area contributed by atoms with Crippen molar-refractivity contribution in [3.8, 4) is 0 Å². The molecule has 0 fully saturated rings. The third-order valence-electron chi connectivity index (χ3n) is 1.98. The van der Waals surface area contributed by atoms with Crippen molar-refractivity contribution in [3.63, 3.8) is 0 Å². The SMILES string of the molecule is CCCC(C)(C)c1cn[nH]n1. The van der Waals surface area contributed by atoms with Crippen LogP contribution in [-0.2, 0) is 5.41 Å². The highest BCUT2D eigenvalue weighted by Gasteiger charge is 2.21. The van der Waals surface area contributed by atoms with Crippen molar-refractivity contribution in [2.45, 2.75) is 39.0 Å². The van der Waals surface area contributed by atoms with Crippen molar-refractivity contribution >= 4 is 0 Å². The summed E-state index contributed by atoms with van der Waals surface area (Å²) in [6.45, 7) is 6.56. The van der Waals surface area contributed by atoms with Gasteiger partial charge in [-0.1, -0.05) is 27.2 Å². The summed E-state index contributed by atoms with van der Waals surface area (Å²) in [4.78, 5) is 0. The molecule has 11 heavy (non-hydrogen) atoms. The highest BCUT2D eigenvalue weighted by molar-refractivity contribution is 5.07. The zero-order valence-corrected chi connectivity index (χ0v) is 7.39. The minimum atomic E-state index is 0.168. The Hall–Kier alpha value is -0.860. The topological polar surface area (TPSA) is 41.6 Å². The summed E-state index contributed by atoms with van der Waals surface area (Å²) in [7, 11) is 0. The molecule has 0 spiro atoms. The molecule has 0 aliphatic carbocycles. The van der Waals surface area contributed by atoms with E-state index in [1.165, 1.54) is 6.42 Å². The first-order valence-corrected chi connectivity index (χ1v) is 4.03. The number of aromatic amines is 1. The number of rotatable bonds is 3. The monoisotopic (exact) mass is 153 g/mol. The third-order valence-corrected chi connectivity index (χ3v) is 1.98. The number of hydrogen-bond donors (Lipinski definition) is 1. The molecule has 0 atom stereocenters. The smallest absolute Gasteiger partial charge is 0.0880 e. The lowest BCUT2D eigenvalue weighted by atomic mass is 9.85. The lowest BCUT2D eigenvalue weighted by molar-refractivity contribution is 0.458. The van der Waals surface area contributed by atoms with Crippen LogP contribution in [0.1, 0.15) is 39.3 Å². The maximum absolute atomic E-state index is 4.07. The molecule has 0 radical (unpaired) electrons. The molecule has 62 valence electrons. The van der Waals surface area contributed by atoms with Crippen LogP contribution in [0.3, 0.4) is 0 Å². The van der Waals surface area contributed by atoms with Crippen LogP contribution in [0.25, 0.3) is 0 Å². The summed E-state index contributed by atoms with van der Waals surface area (Å²) >= 11 is 0. The fourth-order valence-corrected chi connectivity index (χ4v) is 1.28. The molecule has 0 aromatic carbocycles. The first-order chi connectivity index (χ1) is 5.17. The van der Waals surface area contributed by atoms with Crippen molar-refractivity contribution < 1.29 is 0 Å². The van der Waals surface area contributed by atoms with Gasteiger partial charge < -0.3 is 0 Å². The maximum atomic E-state index is 4.07. The maximum Gasteiger partial charge on any atom is 0.0880 e. The van der Waals surface area contributed by atoms with Crippen molar-refractivity contribution in [1.29, 1.82) is 0 Å². The van der Waals surface area contributed by atoms with E-state index in [9.17, 15) is 0 Å². The van der Waals surface area contributed by atoms with Crippen molar-refractivity contribution in [2.24, 2.45) is 0 Å². The van der Waals surface area contributed by atoms with Gasteiger partial charge in [0.15, 0.2) is 0 Å². The van der Waals surface area contributed by atoms with E-state index in [4.69, 9.17) is 0 Å². The molecule has 1 aromatic heterocycles. The second-order valence-corrected chi connectivity index (χ2v) is 3.49. The Bertz CT molecular complexity index is 201. The quantitative estimate of drug-likeness (QED) is 0.720. The first kappa shape index (κ1) is 8.24. The molecule has 0 amide bonds. The van der Waals surface area contributed by atoms with Crippen LogP contribution < -0.4 is 0 Å². The zero-order valence-electron chi connectivity index (χ0n) is 7.39. The fraction of sp³-hybridized carbons (Fsp3) is 0.750. The largest absolute Gasteiger partial charge is 0.198 e. The van der Waals surface area contributed by atoms with E-state index < -0.39 is 0 Å². The molecular weight excluding hydrogens is 138 g/mol. The molecule has 1 aromatic rings. The Morgan fingerprint density at radius 2 is 2.27 bits per heavy atom. The van der Waals surface area contributed by atoms with Gasteiger partial charge in [0, 0.05) is 5.41 Å². The summed E-state index contributed by atoms with van der Waals surface area (Å²) in [5.41, 5.74) is 1.22. The molecule has 1 N–H and O–H groups in total. The van der Waals surface area contributed by atoms with Crippen LogP contribution in [0.4, 0.5) is 0 Å². The second kappa shape index (κ2) is 3.03. The molecule has 3 heteroatoms. The molecule has 0 aliphatic heterocycles. The van der Waals surface area contributed by atoms with Gasteiger partial charge in [-0.15, -0.1) is 0 Å². The van der Waals surface area contributed by atoms with Crippen molar-refractivity contribution in [3.05, 3.63) is 11.9 Å². The Morgan fingerprint density at radius 3 is 2.73 bits per heavy atom. The normalized spacial score (nSPS) is 11.9. The van der Waals surface area contributed by atoms with Gasteiger partial charge in [-0.2, -0.15) is 15.4 Å². The van der Waals surface area contributed by atoms with E-state index in [1.54, 1.807) is 6.20 Å². The summed E-state index contributed by atoms with van der Waals surface area (Å²) in [6.07, 6.45) is 4.13. The van der Waals surface area contributed by atoms with Gasteiger partial charge >= 0.3 is 0 Å². The molecule has 1 rings (SSSR count). The Labute approximate surface area is 67.2 Å². The summed E-state index contributed by atoms with van der Waals surface area (Å²) < 4.78 is 0. The number of hydrogen-bond acceptors (Lipinski definition) is 2. The van der Waals surface area contributed by atoms with Crippen LogP contribution in [0, 0.1) is 0 Å². The van der Waals surface area contributed by atoms with Crippen LogP contribution in [0.5, 0.6) is 0 Å². The molecule has 3 nitrogen and oxygen atoms in total. The molecule has 0 saturated carbocycles. The van der Waals surface area contributed by atoms with Crippen LogP contribution in [-0.4, -0.2) is 15.4 Å². The molecule has 0 bridgehead atoms. The van der Waals surface area contributed by atoms with Gasteiger partial charge in [-0.05, 0) is 6.42 Å². The summed E-state index contributed by atoms with van der Waals surface area (Å²) in [5, 5.41) is 10.5. The van der Waals surface area contributed by atoms with Gasteiger partial charge in [0.25, 0.3) is 0 Å². The zero-order chi connectivity index (χ0) is 8.32. The average molecular weight is 153 g/mol. The minimum absolute atomic E-state index is 0.168. The second-order valence-electron chi connectivity index (χ2n) is 3.49. The summed E-state index contributed by atoms with van der Waals surface area (Å²) in [6, 6.07) is 0. The van der Waals surface area contributed by atoms with Gasteiger partial charge in [0.05, 0.1) is 11.9 Å². The van der Waals surface area contributed by atoms with Gasteiger partial charge in [0.1, 0.15) is 0 Å². The summed E-state index contributed by atoms with van der Waals surface area (Å²) in [5.74, 6) is 0. The van der Waals surface area contributed by atoms with Crippen molar-refractivity contribution in [1.82, 2.24) is 15.4 Å². The van der Waals surface area contributed by atoms with Crippen LogP contribution >= 0.6 is 0 Å². The lowest BCUT2D eigenvalue weighted by Crippen LogP contribution is -2.17. The minimum Gasteiger partial charge on any atom is -0.198 e. The predicted molar refractivity (Wildman–Crippen MR) is 44.3 cm³/mol. The van der Waals surface area contributed by atoms with E-state index >= 15 is 0 Å². The van der Waals surface area contributed by atoms with Crippen LogP contribution in [0.2, 0.25) is 0 Å². The van der Waals surface area contributed by atoms with Gasteiger partial charge in [-0.25, -0.2) is 0 Å². The standard InChI is InChI=1S/C8H15N3/c1-4-5-8(2,3)7-6-9-11-10-7/h6H,4-5H2,1-3H3,(H,9,10,11). The highest BCUT2D eigenvalue weighted by atomic mass is 15.3. The average Bonchev–Trinajstić information content (AvgIpc) is 2.37. The van der Waals surface area contributed by atoms with E-state index in [-0.39, 0.29) is 5.41 Å². The van der Waals surface area contributed by atoms with E-state index in [1.807, 2.05) is 0 Å². The highest BCUT2D eigenvalue weighted by Crippen LogP contribution is 2.25. The fourth-order valence-electron chi connectivity index (χ4n) is 1.28.